The number of benzene rings is 1. The molecule has 0 N–H and O–H groups in total. The van der Waals surface area contributed by atoms with E-state index in [9.17, 15) is 4.79 Å². The van der Waals surface area contributed by atoms with E-state index in [1.54, 1.807) is 30.3 Å². The van der Waals surface area contributed by atoms with Gasteiger partial charge in [0, 0.05) is 0 Å². The number of ether oxygens (including phenoxy) is 3. The number of methoxy groups -OCH3 is 1. The SMILES string of the molecule is COc1cc(/C=C2\N=C(c3ccco3)OC2=O)cc(Cl)c1OCC(C)C. The van der Waals surface area contributed by atoms with Gasteiger partial charge < -0.3 is 18.6 Å². The number of rotatable bonds is 6. The zero-order valence-corrected chi connectivity index (χ0v) is 15.4. The molecule has 0 spiro atoms. The summed E-state index contributed by atoms with van der Waals surface area (Å²) in [5.74, 6) is 1.24. The van der Waals surface area contributed by atoms with Crippen LogP contribution in [0.4, 0.5) is 0 Å². The largest absolute Gasteiger partial charge is 0.493 e. The topological polar surface area (TPSA) is 70.3 Å². The van der Waals surface area contributed by atoms with Crippen molar-refractivity contribution in [2.45, 2.75) is 13.8 Å². The third-order valence-corrected chi connectivity index (χ3v) is 3.75. The van der Waals surface area contributed by atoms with Crippen molar-refractivity contribution in [3.05, 3.63) is 52.6 Å². The van der Waals surface area contributed by atoms with Crippen LogP contribution in [0.3, 0.4) is 0 Å². The highest BCUT2D eigenvalue weighted by molar-refractivity contribution is 6.32. The highest BCUT2D eigenvalue weighted by Gasteiger charge is 2.26. The minimum atomic E-state index is -0.563. The van der Waals surface area contributed by atoms with E-state index in [1.807, 2.05) is 13.8 Å². The van der Waals surface area contributed by atoms with E-state index in [0.29, 0.717) is 40.4 Å². The maximum Gasteiger partial charge on any atom is 0.363 e. The number of hydrogen-bond donors (Lipinski definition) is 0. The maximum atomic E-state index is 12.0. The number of esters is 1. The Morgan fingerprint density at radius 1 is 1.35 bits per heavy atom. The van der Waals surface area contributed by atoms with E-state index < -0.39 is 5.97 Å². The van der Waals surface area contributed by atoms with Crippen molar-refractivity contribution in [2.75, 3.05) is 13.7 Å². The van der Waals surface area contributed by atoms with Gasteiger partial charge in [0.1, 0.15) is 0 Å². The molecule has 0 amide bonds. The number of cyclic esters (lactones) is 1. The fraction of sp³-hybridized carbons (Fsp3) is 0.263. The predicted molar refractivity (Wildman–Crippen MR) is 97.7 cm³/mol. The lowest BCUT2D eigenvalue weighted by atomic mass is 10.1. The molecule has 0 unspecified atom stereocenters. The van der Waals surface area contributed by atoms with Gasteiger partial charge in [-0.3, -0.25) is 0 Å². The summed E-state index contributed by atoms with van der Waals surface area (Å²) in [5.41, 5.74) is 0.783. The highest BCUT2D eigenvalue weighted by Crippen LogP contribution is 2.37. The maximum absolute atomic E-state index is 12.0. The Morgan fingerprint density at radius 2 is 2.15 bits per heavy atom. The Labute approximate surface area is 156 Å². The smallest absolute Gasteiger partial charge is 0.363 e. The van der Waals surface area contributed by atoms with Crippen LogP contribution in [0.1, 0.15) is 25.2 Å². The molecule has 2 heterocycles. The van der Waals surface area contributed by atoms with E-state index in [4.69, 9.17) is 30.2 Å². The predicted octanol–water partition coefficient (Wildman–Crippen LogP) is 4.32. The molecule has 0 saturated heterocycles. The molecule has 3 rings (SSSR count). The minimum absolute atomic E-state index is 0.126. The summed E-state index contributed by atoms with van der Waals surface area (Å²) in [5, 5.41) is 0.387. The number of carbonyl (C=O) groups is 1. The fourth-order valence-corrected chi connectivity index (χ4v) is 2.56. The lowest BCUT2D eigenvalue weighted by molar-refractivity contribution is -0.130. The molecule has 0 fully saturated rings. The van der Waals surface area contributed by atoms with Gasteiger partial charge in [-0.15, -0.1) is 0 Å². The number of nitrogens with zero attached hydrogens (tertiary/aromatic N) is 1. The molecule has 0 atom stereocenters. The van der Waals surface area contributed by atoms with Gasteiger partial charge in [-0.2, -0.15) is 0 Å². The standard InChI is InChI=1S/C19H18ClNO5/c1-11(2)10-25-17-13(20)7-12(9-16(17)23-3)8-14-19(22)26-18(21-14)15-5-4-6-24-15/h4-9,11H,10H2,1-3H3/b14-8-. The first-order valence-electron chi connectivity index (χ1n) is 8.04. The molecule has 7 heteroatoms. The van der Waals surface area contributed by atoms with Crippen molar-refractivity contribution in [3.8, 4) is 11.5 Å². The molecule has 26 heavy (non-hydrogen) atoms. The van der Waals surface area contributed by atoms with Gasteiger partial charge in [-0.25, -0.2) is 9.79 Å². The first-order valence-corrected chi connectivity index (χ1v) is 8.42. The van der Waals surface area contributed by atoms with Gasteiger partial charge in [0.15, 0.2) is 23.0 Å². The summed E-state index contributed by atoms with van der Waals surface area (Å²) in [7, 11) is 1.53. The second-order valence-corrected chi connectivity index (χ2v) is 6.46. The van der Waals surface area contributed by atoms with E-state index in [1.165, 1.54) is 13.4 Å². The van der Waals surface area contributed by atoms with Gasteiger partial charge in [-0.1, -0.05) is 25.4 Å². The van der Waals surface area contributed by atoms with Crippen molar-refractivity contribution >= 4 is 29.5 Å². The zero-order chi connectivity index (χ0) is 18.7. The van der Waals surface area contributed by atoms with Gasteiger partial charge in [-0.05, 0) is 41.8 Å². The summed E-state index contributed by atoms with van der Waals surface area (Å²) in [6.45, 7) is 4.60. The molecule has 0 saturated carbocycles. The Bertz CT molecular complexity index is 868. The molecule has 2 aromatic rings. The van der Waals surface area contributed by atoms with Gasteiger partial charge >= 0.3 is 5.97 Å². The van der Waals surface area contributed by atoms with Crippen molar-refractivity contribution in [2.24, 2.45) is 10.9 Å². The van der Waals surface area contributed by atoms with Crippen LogP contribution in [0, 0.1) is 5.92 Å². The first kappa shape index (κ1) is 18.1. The Kier molecular flexibility index (Phi) is 5.32. The lowest BCUT2D eigenvalue weighted by Gasteiger charge is -2.14. The second kappa shape index (κ2) is 7.66. The number of halogens is 1. The Hall–Kier alpha value is -2.73. The van der Waals surface area contributed by atoms with E-state index in [-0.39, 0.29) is 11.6 Å². The van der Waals surface area contributed by atoms with Crippen LogP contribution >= 0.6 is 11.6 Å². The van der Waals surface area contributed by atoms with Crippen LogP contribution in [0.5, 0.6) is 11.5 Å². The molecule has 1 aliphatic heterocycles. The highest BCUT2D eigenvalue weighted by atomic mass is 35.5. The lowest BCUT2D eigenvalue weighted by Crippen LogP contribution is -2.06. The van der Waals surface area contributed by atoms with E-state index in [2.05, 4.69) is 4.99 Å². The van der Waals surface area contributed by atoms with Crippen LogP contribution in [0.15, 0.2) is 45.6 Å². The molecule has 6 nitrogen and oxygen atoms in total. The zero-order valence-electron chi connectivity index (χ0n) is 14.6. The van der Waals surface area contributed by atoms with Crippen molar-refractivity contribution in [1.82, 2.24) is 0 Å². The summed E-state index contributed by atoms with van der Waals surface area (Å²) in [4.78, 5) is 16.2. The first-order chi connectivity index (χ1) is 12.5. The Morgan fingerprint density at radius 3 is 2.81 bits per heavy atom. The summed E-state index contributed by atoms with van der Waals surface area (Å²) >= 11 is 6.33. The van der Waals surface area contributed by atoms with E-state index in [0.717, 1.165) is 0 Å². The van der Waals surface area contributed by atoms with E-state index >= 15 is 0 Å². The number of aliphatic imine (C=N–C) groups is 1. The quantitative estimate of drug-likeness (QED) is 0.555. The average molecular weight is 376 g/mol. The third-order valence-electron chi connectivity index (χ3n) is 3.47. The Balaban J connectivity index is 1.91. The molecule has 0 aliphatic carbocycles. The third kappa shape index (κ3) is 3.91. The minimum Gasteiger partial charge on any atom is -0.493 e. The molecular formula is C19H18ClNO5. The average Bonchev–Trinajstić information content (AvgIpc) is 3.23. The van der Waals surface area contributed by atoms with Gasteiger partial charge in [0.05, 0.1) is 25.0 Å². The van der Waals surface area contributed by atoms with Crippen molar-refractivity contribution in [1.29, 1.82) is 0 Å². The molecule has 1 aromatic heterocycles. The molecule has 0 bridgehead atoms. The normalized spacial score (nSPS) is 15.3. The molecule has 136 valence electrons. The number of carbonyl (C=O) groups excluding carboxylic acids is 1. The van der Waals surface area contributed by atoms with Crippen molar-refractivity contribution in [3.63, 3.8) is 0 Å². The van der Waals surface area contributed by atoms with Crippen LogP contribution in [-0.2, 0) is 9.53 Å². The number of furan rings is 1. The molecular weight excluding hydrogens is 358 g/mol. The van der Waals surface area contributed by atoms with Gasteiger partial charge in [0.25, 0.3) is 5.90 Å². The fourth-order valence-electron chi connectivity index (χ4n) is 2.29. The molecule has 1 aromatic carbocycles. The monoisotopic (exact) mass is 375 g/mol. The summed E-state index contributed by atoms with van der Waals surface area (Å²) in [6.07, 6.45) is 3.05. The second-order valence-electron chi connectivity index (χ2n) is 6.05. The number of hydrogen-bond acceptors (Lipinski definition) is 6. The summed E-state index contributed by atoms with van der Waals surface area (Å²) in [6, 6.07) is 6.76. The van der Waals surface area contributed by atoms with Crippen LogP contribution < -0.4 is 9.47 Å². The van der Waals surface area contributed by atoms with Crippen molar-refractivity contribution < 1.29 is 23.4 Å². The molecule has 1 aliphatic rings. The van der Waals surface area contributed by atoms with Crippen LogP contribution in [0.25, 0.3) is 6.08 Å². The molecule has 0 radical (unpaired) electrons. The van der Waals surface area contributed by atoms with Gasteiger partial charge in [0.2, 0.25) is 0 Å². The van der Waals surface area contributed by atoms with Crippen LogP contribution in [0.2, 0.25) is 5.02 Å². The van der Waals surface area contributed by atoms with Crippen LogP contribution in [-0.4, -0.2) is 25.6 Å². The summed E-state index contributed by atoms with van der Waals surface area (Å²) < 4.78 is 21.4.